The molecule has 100 valence electrons. The number of rotatable bonds is 2. The van der Waals surface area contributed by atoms with Gasteiger partial charge in [-0.1, -0.05) is 43.2 Å². The van der Waals surface area contributed by atoms with E-state index in [0.29, 0.717) is 5.02 Å². The fourth-order valence-corrected chi connectivity index (χ4v) is 2.04. The second-order valence-electron chi connectivity index (χ2n) is 5.06. The molecule has 0 aliphatic heterocycles. The normalized spacial score (nSPS) is 11.0. The van der Waals surface area contributed by atoms with Gasteiger partial charge in [-0.05, 0) is 18.2 Å². The molecule has 0 saturated carbocycles. The standard InChI is InChI=1S/C15H17ClO2Si/c1-18-15(17)9-8-13-12(6-5-7-14(13)16)10-11-19(2,3)4/h5-9H,1-4H3/b9-8+. The summed E-state index contributed by atoms with van der Waals surface area (Å²) in [4.78, 5) is 11.1. The molecule has 0 unspecified atom stereocenters. The highest BCUT2D eigenvalue weighted by Gasteiger charge is 2.08. The van der Waals surface area contributed by atoms with Gasteiger partial charge in [-0.25, -0.2) is 4.79 Å². The molecule has 0 radical (unpaired) electrons. The van der Waals surface area contributed by atoms with Crippen LogP contribution in [0.2, 0.25) is 24.7 Å². The molecule has 0 amide bonds. The van der Waals surface area contributed by atoms with E-state index in [2.05, 4.69) is 35.8 Å². The lowest BCUT2D eigenvalue weighted by Crippen LogP contribution is -2.16. The fourth-order valence-electron chi connectivity index (χ4n) is 1.29. The predicted molar refractivity (Wildman–Crippen MR) is 82.7 cm³/mol. The Balaban J connectivity index is 3.19. The number of esters is 1. The van der Waals surface area contributed by atoms with Crippen molar-refractivity contribution in [2.45, 2.75) is 19.6 Å². The zero-order valence-corrected chi connectivity index (χ0v) is 13.3. The molecule has 1 aromatic carbocycles. The molecule has 0 aliphatic rings. The van der Waals surface area contributed by atoms with Crippen molar-refractivity contribution in [2.75, 3.05) is 7.11 Å². The first kappa shape index (κ1) is 15.6. The van der Waals surface area contributed by atoms with Crippen molar-refractivity contribution in [3.05, 3.63) is 40.4 Å². The number of hydrogen-bond acceptors (Lipinski definition) is 2. The second kappa shape index (κ2) is 6.60. The first-order valence-electron chi connectivity index (χ1n) is 5.91. The summed E-state index contributed by atoms with van der Waals surface area (Å²) in [6.07, 6.45) is 2.99. The maximum atomic E-state index is 11.1. The highest BCUT2D eigenvalue weighted by atomic mass is 35.5. The minimum Gasteiger partial charge on any atom is -0.466 e. The van der Waals surface area contributed by atoms with E-state index in [-0.39, 0.29) is 0 Å². The van der Waals surface area contributed by atoms with Crippen LogP contribution in [0.25, 0.3) is 6.08 Å². The van der Waals surface area contributed by atoms with Crippen molar-refractivity contribution in [3.8, 4) is 11.5 Å². The summed E-state index contributed by atoms with van der Waals surface area (Å²) in [5.74, 6) is 2.75. The minimum atomic E-state index is -1.45. The number of benzene rings is 1. The molecular formula is C15H17ClO2Si. The number of carbonyl (C=O) groups excluding carboxylic acids is 1. The van der Waals surface area contributed by atoms with Gasteiger partial charge in [0.15, 0.2) is 0 Å². The largest absolute Gasteiger partial charge is 0.466 e. The monoisotopic (exact) mass is 292 g/mol. The van der Waals surface area contributed by atoms with Gasteiger partial charge in [0.2, 0.25) is 0 Å². The topological polar surface area (TPSA) is 26.3 Å². The van der Waals surface area contributed by atoms with Crippen LogP contribution in [0.15, 0.2) is 24.3 Å². The van der Waals surface area contributed by atoms with E-state index >= 15 is 0 Å². The van der Waals surface area contributed by atoms with Crippen LogP contribution < -0.4 is 0 Å². The van der Waals surface area contributed by atoms with Gasteiger partial charge in [-0.2, -0.15) is 0 Å². The van der Waals surface area contributed by atoms with Gasteiger partial charge >= 0.3 is 5.97 Å². The third-order valence-electron chi connectivity index (χ3n) is 2.21. The maximum Gasteiger partial charge on any atom is 0.330 e. The molecule has 0 heterocycles. The van der Waals surface area contributed by atoms with Crippen LogP contribution in [-0.2, 0) is 9.53 Å². The van der Waals surface area contributed by atoms with Crippen LogP contribution in [0, 0.1) is 11.5 Å². The van der Waals surface area contributed by atoms with Gasteiger partial charge in [0, 0.05) is 22.2 Å². The van der Waals surface area contributed by atoms with Crippen molar-refractivity contribution in [3.63, 3.8) is 0 Å². The zero-order valence-electron chi connectivity index (χ0n) is 11.6. The van der Waals surface area contributed by atoms with E-state index in [0.717, 1.165) is 11.1 Å². The van der Waals surface area contributed by atoms with E-state index in [4.69, 9.17) is 11.6 Å². The number of ether oxygens (including phenoxy) is 1. The molecule has 19 heavy (non-hydrogen) atoms. The predicted octanol–water partition coefficient (Wildman–Crippen LogP) is 3.76. The third kappa shape index (κ3) is 5.33. The quantitative estimate of drug-likeness (QED) is 0.359. The summed E-state index contributed by atoms with van der Waals surface area (Å²) >= 11 is 6.15. The second-order valence-corrected chi connectivity index (χ2v) is 10.2. The van der Waals surface area contributed by atoms with Crippen LogP contribution in [0.5, 0.6) is 0 Å². The third-order valence-corrected chi connectivity index (χ3v) is 3.42. The number of carbonyl (C=O) groups is 1. The zero-order chi connectivity index (χ0) is 14.5. The molecule has 1 rings (SSSR count). The van der Waals surface area contributed by atoms with Crippen LogP contribution in [0.4, 0.5) is 0 Å². The highest BCUT2D eigenvalue weighted by Crippen LogP contribution is 2.21. The molecule has 0 bridgehead atoms. The van der Waals surface area contributed by atoms with Crippen LogP contribution in [0.3, 0.4) is 0 Å². The summed E-state index contributed by atoms with van der Waals surface area (Å²) in [6.45, 7) is 6.53. The Morgan fingerprint density at radius 2 is 2.05 bits per heavy atom. The summed E-state index contributed by atoms with van der Waals surface area (Å²) < 4.78 is 4.57. The van der Waals surface area contributed by atoms with Crippen molar-refractivity contribution in [1.82, 2.24) is 0 Å². The lowest BCUT2D eigenvalue weighted by Gasteiger charge is -2.05. The Kier molecular flexibility index (Phi) is 5.40. The molecule has 4 heteroatoms. The Hall–Kier alpha value is -1.50. The highest BCUT2D eigenvalue weighted by molar-refractivity contribution is 6.83. The number of methoxy groups -OCH3 is 1. The van der Waals surface area contributed by atoms with E-state index in [9.17, 15) is 4.79 Å². The van der Waals surface area contributed by atoms with Crippen molar-refractivity contribution >= 4 is 31.7 Å². The summed E-state index contributed by atoms with van der Waals surface area (Å²) in [6, 6.07) is 5.53. The molecule has 0 N–H and O–H groups in total. The SMILES string of the molecule is COC(=O)/C=C/c1c(Cl)cccc1C#C[Si](C)(C)C. The first-order chi connectivity index (χ1) is 8.83. The Morgan fingerprint density at radius 3 is 2.63 bits per heavy atom. The van der Waals surface area contributed by atoms with E-state index in [1.165, 1.54) is 13.2 Å². The summed E-state index contributed by atoms with van der Waals surface area (Å²) in [5.41, 5.74) is 4.87. The Bertz CT molecular complexity index is 560. The lowest BCUT2D eigenvalue weighted by atomic mass is 10.1. The number of hydrogen-bond donors (Lipinski definition) is 0. The molecule has 0 atom stereocenters. The van der Waals surface area contributed by atoms with Gasteiger partial charge in [-0.3, -0.25) is 0 Å². The van der Waals surface area contributed by atoms with Crippen molar-refractivity contribution in [1.29, 1.82) is 0 Å². The average molecular weight is 293 g/mol. The van der Waals surface area contributed by atoms with E-state index in [1.807, 2.05) is 12.1 Å². The molecule has 0 aliphatic carbocycles. The van der Waals surface area contributed by atoms with E-state index in [1.54, 1.807) is 12.1 Å². The molecule has 0 aromatic heterocycles. The van der Waals surface area contributed by atoms with Crippen molar-refractivity contribution < 1.29 is 9.53 Å². The molecule has 2 nitrogen and oxygen atoms in total. The molecule has 0 fully saturated rings. The molecule has 0 saturated heterocycles. The minimum absolute atomic E-state index is 0.413. The van der Waals surface area contributed by atoms with Crippen LogP contribution >= 0.6 is 11.6 Å². The molecule has 0 spiro atoms. The fraction of sp³-hybridized carbons (Fsp3) is 0.267. The Morgan fingerprint density at radius 1 is 1.37 bits per heavy atom. The Labute approximate surface area is 120 Å². The lowest BCUT2D eigenvalue weighted by molar-refractivity contribution is -0.134. The first-order valence-corrected chi connectivity index (χ1v) is 9.79. The maximum absolute atomic E-state index is 11.1. The molecular weight excluding hydrogens is 276 g/mol. The van der Waals surface area contributed by atoms with E-state index < -0.39 is 14.0 Å². The van der Waals surface area contributed by atoms with Crippen LogP contribution in [-0.4, -0.2) is 21.2 Å². The van der Waals surface area contributed by atoms with Gasteiger partial charge in [0.1, 0.15) is 8.07 Å². The molecule has 1 aromatic rings. The van der Waals surface area contributed by atoms with Crippen molar-refractivity contribution in [2.24, 2.45) is 0 Å². The van der Waals surface area contributed by atoms with Gasteiger partial charge < -0.3 is 4.74 Å². The number of halogens is 1. The average Bonchev–Trinajstić information content (AvgIpc) is 2.33. The van der Waals surface area contributed by atoms with Gasteiger partial charge in [0.25, 0.3) is 0 Å². The summed E-state index contributed by atoms with van der Waals surface area (Å²) in [5, 5.41) is 0.572. The van der Waals surface area contributed by atoms with Gasteiger partial charge in [0.05, 0.1) is 7.11 Å². The summed E-state index contributed by atoms with van der Waals surface area (Å²) in [7, 11) is -0.113. The van der Waals surface area contributed by atoms with Crippen LogP contribution in [0.1, 0.15) is 11.1 Å². The smallest absolute Gasteiger partial charge is 0.330 e. The van der Waals surface area contributed by atoms with Gasteiger partial charge in [-0.15, -0.1) is 5.54 Å².